The SMILES string of the molecule is CCCCCCCCCCCCCCCCCCC(O)(O)C(O)C(O)O. The Bertz CT molecular complexity index is 294. The Morgan fingerprint density at radius 1 is 0.538 bits per heavy atom. The third kappa shape index (κ3) is 14.9. The largest absolute Gasteiger partial charge is 0.382 e. The van der Waals surface area contributed by atoms with Gasteiger partial charge >= 0.3 is 0 Å². The predicted molar refractivity (Wildman–Crippen MR) is 106 cm³/mol. The molecule has 5 heteroatoms. The van der Waals surface area contributed by atoms with Crippen molar-refractivity contribution in [3.63, 3.8) is 0 Å². The zero-order valence-electron chi connectivity index (χ0n) is 16.9. The Morgan fingerprint density at radius 2 is 0.846 bits per heavy atom. The van der Waals surface area contributed by atoms with Gasteiger partial charge in [-0.2, -0.15) is 0 Å². The van der Waals surface area contributed by atoms with Crippen LogP contribution in [-0.2, 0) is 0 Å². The van der Waals surface area contributed by atoms with Gasteiger partial charge in [0.1, 0.15) is 0 Å². The third-order valence-electron chi connectivity index (χ3n) is 5.15. The Morgan fingerprint density at radius 3 is 1.15 bits per heavy atom. The van der Waals surface area contributed by atoms with Crippen LogP contribution >= 0.6 is 0 Å². The summed E-state index contributed by atoms with van der Waals surface area (Å²) in [6.45, 7) is 2.26. The summed E-state index contributed by atoms with van der Waals surface area (Å²) >= 11 is 0. The summed E-state index contributed by atoms with van der Waals surface area (Å²) in [5.41, 5.74) is 0. The Hall–Kier alpha value is -0.200. The Labute approximate surface area is 160 Å². The van der Waals surface area contributed by atoms with Gasteiger partial charge in [0.25, 0.3) is 0 Å². The van der Waals surface area contributed by atoms with E-state index in [9.17, 15) is 15.3 Å². The molecule has 26 heavy (non-hydrogen) atoms. The summed E-state index contributed by atoms with van der Waals surface area (Å²) in [7, 11) is 0. The first kappa shape index (κ1) is 25.8. The number of aliphatic hydroxyl groups excluding tert-OH is 2. The lowest BCUT2D eigenvalue weighted by Gasteiger charge is -2.28. The molecule has 0 rings (SSSR count). The first-order valence-corrected chi connectivity index (χ1v) is 10.9. The van der Waals surface area contributed by atoms with Gasteiger partial charge in [-0.3, -0.25) is 0 Å². The molecule has 158 valence electrons. The molecule has 0 fully saturated rings. The number of unbranched alkanes of at least 4 members (excludes halogenated alkanes) is 15. The fraction of sp³-hybridized carbons (Fsp3) is 1.00. The van der Waals surface area contributed by atoms with Crippen LogP contribution in [0.4, 0.5) is 0 Å². The minimum absolute atomic E-state index is 0.0514. The van der Waals surface area contributed by atoms with Crippen LogP contribution in [0.15, 0.2) is 0 Å². The lowest BCUT2D eigenvalue weighted by molar-refractivity contribution is -0.281. The van der Waals surface area contributed by atoms with E-state index in [2.05, 4.69) is 6.92 Å². The number of hydrogen-bond donors (Lipinski definition) is 5. The van der Waals surface area contributed by atoms with Gasteiger partial charge in [0.2, 0.25) is 0 Å². The van der Waals surface area contributed by atoms with Crippen molar-refractivity contribution >= 4 is 0 Å². The molecular formula is C21H44O5. The van der Waals surface area contributed by atoms with Crippen molar-refractivity contribution in [2.24, 2.45) is 0 Å². The molecule has 0 saturated heterocycles. The molecule has 0 aliphatic heterocycles. The van der Waals surface area contributed by atoms with Gasteiger partial charge < -0.3 is 25.5 Å². The highest BCUT2D eigenvalue weighted by Gasteiger charge is 2.36. The molecule has 0 aliphatic rings. The van der Waals surface area contributed by atoms with Crippen LogP contribution in [0.25, 0.3) is 0 Å². The molecule has 0 aromatic heterocycles. The average Bonchev–Trinajstić information content (AvgIpc) is 2.60. The molecular weight excluding hydrogens is 332 g/mol. The summed E-state index contributed by atoms with van der Waals surface area (Å²) < 4.78 is 0. The normalized spacial score (nSPS) is 13.5. The molecule has 5 N–H and O–H groups in total. The summed E-state index contributed by atoms with van der Waals surface area (Å²) in [4.78, 5) is 0. The lowest BCUT2D eigenvalue weighted by Crippen LogP contribution is -2.49. The van der Waals surface area contributed by atoms with Gasteiger partial charge in [-0.15, -0.1) is 0 Å². The maximum Gasteiger partial charge on any atom is 0.194 e. The maximum atomic E-state index is 9.55. The van der Waals surface area contributed by atoms with Crippen LogP contribution < -0.4 is 0 Å². The van der Waals surface area contributed by atoms with Crippen LogP contribution in [0.5, 0.6) is 0 Å². The molecule has 0 spiro atoms. The fourth-order valence-electron chi connectivity index (χ4n) is 3.32. The average molecular weight is 377 g/mol. The van der Waals surface area contributed by atoms with Crippen LogP contribution in [0, 0.1) is 0 Å². The quantitative estimate of drug-likeness (QED) is 0.173. The second kappa shape index (κ2) is 16.9. The minimum atomic E-state index is -2.43. The van der Waals surface area contributed by atoms with Crippen LogP contribution in [-0.4, -0.2) is 43.7 Å². The van der Waals surface area contributed by atoms with Gasteiger partial charge in [-0.25, -0.2) is 0 Å². The standard InChI is InChI=1S/C21H44O5/c1-2-3-4-5-6-7-8-9-10-11-12-13-14-15-16-17-18-21(25,26)19(22)20(23)24/h19-20,22-26H,2-18H2,1H3. The smallest absolute Gasteiger partial charge is 0.194 e. The van der Waals surface area contributed by atoms with E-state index in [0.29, 0.717) is 6.42 Å². The van der Waals surface area contributed by atoms with E-state index in [1.165, 1.54) is 77.0 Å². The van der Waals surface area contributed by atoms with E-state index in [4.69, 9.17) is 10.2 Å². The molecule has 5 nitrogen and oxygen atoms in total. The van der Waals surface area contributed by atoms with Gasteiger partial charge in [0, 0.05) is 6.42 Å². The molecule has 0 aromatic carbocycles. The Balaban J connectivity index is 3.27. The van der Waals surface area contributed by atoms with Crippen molar-refractivity contribution in [2.45, 2.75) is 134 Å². The van der Waals surface area contributed by atoms with E-state index >= 15 is 0 Å². The van der Waals surface area contributed by atoms with Gasteiger partial charge in [0.15, 0.2) is 18.2 Å². The zero-order chi connectivity index (χ0) is 19.7. The van der Waals surface area contributed by atoms with Crippen LogP contribution in [0.1, 0.15) is 116 Å². The number of hydrogen-bond acceptors (Lipinski definition) is 5. The molecule has 1 atom stereocenters. The topological polar surface area (TPSA) is 101 Å². The van der Waals surface area contributed by atoms with E-state index in [1.807, 2.05) is 0 Å². The number of rotatable bonds is 19. The van der Waals surface area contributed by atoms with E-state index in [-0.39, 0.29) is 6.42 Å². The van der Waals surface area contributed by atoms with Crippen molar-refractivity contribution in [3.8, 4) is 0 Å². The maximum absolute atomic E-state index is 9.55. The van der Waals surface area contributed by atoms with Crippen LogP contribution in [0.2, 0.25) is 0 Å². The third-order valence-corrected chi connectivity index (χ3v) is 5.15. The van der Waals surface area contributed by atoms with E-state index in [1.54, 1.807) is 0 Å². The lowest BCUT2D eigenvalue weighted by atomic mass is 10.00. The molecule has 0 amide bonds. The summed E-state index contributed by atoms with van der Waals surface area (Å²) in [6.07, 6.45) is 15.6. The van der Waals surface area contributed by atoms with Crippen LogP contribution in [0.3, 0.4) is 0 Å². The first-order valence-electron chi connectivity index (χ1n) is 10.9. The summed E-state index contributed by atoms with van der Waals surface area (Å²) in [5, 5.41) is 45.9. The minimum Gasteiger partial charge on any atom is -0.382 e. The van der Waals surface area contributed by atoms with Gasteiger partial charge in [0.05, 0.1) is 0 Å². The first-order chi connectivity index (χ1) is 12.4. The predicted octanol–water partition coefficient (Wildman–Crippen LogP) is 3.99. The highest BCUT2D eigenvalue weighted by Crippen LogP contribution is 2.19. The fourth-order valence-corrected chi connectivity index (χ4v) is 3.32. The van der Waals surface area contributed by atoms with Crippen molar-refractivity contribution in [1.82, 2.24) is 0 Å². The molecule has 1 unspecified atom stereocenters. The van der Waals surface area contributed by atoms with Gasteiger partial charge in [-0.1, -0.05) is 103 Å². The Kier molecular flexibility index (Phi) is 16.8. The highest BCUT2D eigenvalue weighted by molar-refractivity contribution is 4.76. The van der Waals surface area contributed by atoms with Crippen molar-refractivity contribution in [3.05, 3.63) is 0 Å². The molecule has 0 saturated carbocycles. The molecule has 0 radical (unpaired) electrons. The molecule has 0 heterocycles. The molecule has 0 aliphatic carbocycles. The van der Waals surface area contributed by atoms with Crippen molar-refractivity contribution in [1.29, 1.82) is 0 Å². The monoisotopic (exact) mass is 376 g/mol. The highest BCUT2D eigenvalue weighted by atomic mass is 16.6. The van der Waals surface area contributed by atoms with E-state index in [0.717, 1.165) is 19.3 Å². The second-order valence-corrected chi connectivity index (χ2v) is 7.79. The number of aliphatic hydroxyl groups is 5. The van der Waals surface area contributed by atoms with Gasteiger partial charge in [-0.05, 0) is 6.42 Å². The van der Waals surface area contributed by atoms with E-state index < -0.39 is 18.2 Å². The molecule has 0 bridgehead atoms. The zero-order valence-corrected chi connectivity index (χ0v) is 16.9. The second-order valence-electron chi connectivity index (χ2n) is 7.79. The van der Waals surface area contributed by atoms with Crippen molar-refractivity contribution < 1.29 is 25.5 Å². The molecule has 0 aromatic rings. The van der Waals surface area contributed by atoms with Crippen molar-refractivity contribution in [2.75, 3.05) is 0 Å². The summed E-state index contributed by atoms with van der Waals surface area (Å²) in [5.74, 6) is -2.43. The summed E-state index contributed by atoms with van der Waals surface area (Å²) in [6, 6.07) is 0.